The van der Waals surface area contributed by atoms with Crippen molar-refractivity contribution in [1.82, 2.24) is 15.1 Å². The molecule has 114 valence electrons. The minimum atomic E-state index is 0.168. The molecule has 2 aromatic rings. The third-order valence-corrected chi connectivity index (χ3v) is 3.63. The van der Waals surface area contributed by atoms with E-state index in [2.05, 4.69) is 31.2 Å². The Morgan fingerprint density at radius 2 is 2.00 bits per heavy atom. The first-order valence-electron chi connectivity index (χ1n) is 7.09. The van der Waals surface area contributed by atoms with Crippen molar-refractivity contribution in [3.63, 3.8) is 0 Å². The van der Waals surface area contributed by atoms with Gasteiger partial charge in [0.15, 0.2) is 0 Å². The number of halogens is 2. The van der Waals surface area contributed by atoms with Crippen molar-refractivity contribution in [2.45, 2.75) is 39.2 Å². The van der Waals surface area contributed by atoms with Gasteiger partial charge in [0.25, 0.3) is 0 Å². The molecule has 0 atom stereocenters. The topological polar surface area (TPSA) is 29.9 Å². The minimum absolute atomic E-state index is 0.168. The number of nitrogens with one attached hydrogen (secondary N) is 1. The molecule has 0 fully saturated rings. The summed E-state index contributed by atoms with van der Waals surface area (Å²) in [7, 11) is 0. The van der Waals surface area contributed by atoms with Gasteiger partial charge in [0, 0.05) is 16.8 Å². The average molecular weight is 326 g/mol. The second-order valence-electron chi connectivity index (χ2n) is 6.17. The van der Waals surface area contributed by atoms with E-state index in [1.54, 1.807) is 10.7 Å². The lowest BCUT2D eigenvalue weighted by Crippen LogP contribution is -2.36. The molecule has 1 aromatic heterocycles. The van der Waals surface area contributed by atoms with Gasteiger partial charge in [-0.25, -0.2) is 4.68 Å². The Bertz CT molecular complexity index is 600. The molecule has 0 radical (unpaired) electrons. The van der Waals surface area contributed by atoms with Crippen LogP contribution in [0.25, 0.3) is 5.69 Å². The SMILES string of the molecule is CC(C)(C)NCCCc1cnn(-c2ccc(Cl)cc2Cl)c1. The van der Waals surface area contributed by atoms with Crippen molar-refractivity contribution in [3.8, 4) is 5.69 Å². The summed E-state index contributed by atoms with van der Waals surface area (Å²) in [6.45, 7) is 7.52. The molecule has 0 saturated carbocycles. The number of nitrogens with zero attached hydrogens (tertiary/aromatic N) is 2. The first kappa shape index (κ1) is 16.3. The van der Waals surface area contributed by atoms with Gasteiger partial charge in [0.05, 0.1) is 16.9 Å². The van der Waals surface area contributed by atoms with Crippen molar-refractivity contribution in [2.75, 3.05) is 6.54 Å². The molecule has 0 unspecified atom stereocenters. The van der Waals surface area contributed by atoms with E-state index in [0.29, 0.717) is 10.0 Å². The highest BCUT2D eigenvalue weighted by molar-refractivity contribution is 6.35. The van der Waals surface area contributed by atoms with Gasteiger partial charge < -0.3 is 5.32 Å². The summed E-state index contributed by atoms with van der Waals surface area (Å²) in [5, 5.41) is 9.09. The van der Waals surface area contributed by atoms with Crippen LogP contribution in [-0.4, -0.2) is 21.9 Å². The van der Waals surface area contributed by atoms with Crippen LogP contribution in [-0.2, 0) is 6.42 Å². The third-order valence-electron chi connectivity index (χ3n) is 3.09. The van der Waals surface area contributed by atoms with Crippen LogP contribution in [0.15, 0.2) is 30.6 Å². The minimum Gasteiger partial charge on any atom is -0.312 e. The molecular weight excluding hydrogens is 305 g/mol. The zero-order valence-electron chi connectivity index (χ0n) is 12.7. The molecule has 1 aromatic carbocycles. The zero-order chi connectivity index (χ0) is 15.5. The lowest BCUT2D eigenvalue weighted by molar-refractivity contribution is 0.422. The van der Waals surface area contributed by atoms with Crippen molar-refractivity contribution in [2.24, 2.45) is 0 Å². The largest absolute Gasteiger partial charge is 0.312 e. The van der Waals surface area contributed by atoms with E-state index in [-0.39, 0.29) is 5.54 Å². The maximum absolute atomic E-state index is 6.19. The molecule has 0 spiro atoms. The molecule has 0 aliphatic rings. The van der Waals surface area contributed by atoms with Crippen LogP contribution in [0.1, 0.15) is 32.8 Å². The summed E-state index contributed by atoms with van der Waals surface area (Å²) < 4.78 is 1.80. The number of aromatic nitrogens is 2. The summed E-state index contributed by atoms with van der Waals surface area (Å²) in [4.78, 5) is 0. The van der Waals surface area contributed by atoms with Crippen LogP contribution < -0.4 is 5.32 Å². The fraction of sp³-hybridized carbons (Fsp3) is 0.438. The van der Waals surface area contributed by atoms with Crippen molar-refractivity contribution >= 4 is 23.2 Å². The third kappa shape index (κ3) is 5.03. The molecule has 3 nitrogen and oxygen atoms in total. The van der Waals surface area contributed by atoms with Gasteiger partial charge in [-0.2, -0.15) is 5.10 Å². The highest BCUT2D eigenvalue weighted by atomic mass is 35.5. The molecule has 0 saturated heterocycles. The Hall–Kier alpha value is -1.03. The zero-order valence-corrected chi connectivity index (χ0v) is 14.2. The Morgan fingerprint density at radius 1 is 1.24 bits per heavy atom. The monoisotopic (exact) mass is 325 g/mol. The van der Waals surface area contributed by atoms with Crippen LogP contribution in [0.4, 0.5) is 0 Å². The normalized spacial score (nSPS) is 11.9. The van der Waals surface area contributed by atoms with Gasteiger partial charge in [-0.1, -0.05) is 23.2 Å². The summed E-state index contributed by atoms with van der Waals surface area (Å²) in [6, 6.07) is 5.42. The number of rotatable bonds is 5. The molecule has 1 N–H and O–H groups in total. The molecule has 0 amide bonds. The standard InChI is InChI=1S/C16H21Cl2N3/c1-16(2,3)19-8-4-5-12-10-20-21(11-12)15-7-6-13(17)9-14(15)18/h6-7,9-11,19H,4-5,8H2,1-3H3. The van der Waals surface area contributed by atoms with Gasteiger partial charge >= 0.3 is 0 Å². The lowest BCUT2D eigenvalue weighted by atomic mass is 10.1. The fourth-order valence-electron chi connectivity index (χ4n) is 2.04. The fourth-order valence-corrected chi connectivity index (χ4v) is 2.54. The first-order chi connectivity index (χ1) is 9.85. The number of hydrogen-bond donors (Lipinski definition) is 1. The first-order valence-corrected chi connectivity index (χ1v) is 7.85. The highest BCUT2D eigenvalue weighted by Crippen LogP contribution is 2.24. The molecule has 0 bridgehead atoms. The second-order valence-corrected chi connectivity index (χ2v) is 7.01. The Labute approximate surface area is 136 Å². The second kappa shape index (κ2) is 6.82. The molecule has 5 heteroatoms. The van der Waals surface area contributed by atoms with Crippen LogP contribution in [0, 0.1) is 0 Å². The van der Waals surface area contributed by atoms with Crippen molar-refractivity contribution < 1.29 is 0 Å². The van der Waals surface area contributed by atoms with E-state index in [1.165, 1.54) is 5.56 Å². The lowest BCUT2D eigenvalue weighted by Gasteiger charge is -2.20. The molecule has 21 heavy (non-hydrogen) atoms. The van der Waals surface area contributed by atoms with Gasteiger partial charge in [-0.15, -0.1) is 0 Å². The predicted octanol–water partition coefficient (Wildman–Crippen LogP) is 4.50. The van der Waals surface area contributed by atoms with E-state index >= 15 is 0 Å². The van der Waals surface area contributed by atoms with E-state index in [0.717, 1.165) is 25.1 Å². The van der Waals surface area contributed by atoms with E-state index in [4.69, 9.17) is 23.2 Å². The van der Waals surface area contributed by atoms with Crippen LogP contribution in [0.2, 0.25) is 10.0 Å². The van der Waals surface area contributed by atoms with E-state index in [9.17, 15) is 0 Å². The molecule has 0 aliphatic heterocycles. The summed E-state index contributed by atoms with van der Waals surface area (Å²) >= 11 is 12.1. The Balaban J connectivity index is 1.95. The van der Waals surface area contributed by atoms with Gasteiger partial charge in [0.1, 0.15) is 0 Å². The summed E-state index contributed by atoms with van der Waals surface area (Å²) in [5.74, 6) is 0. The quantitative estimate of drug-likeness (QED) is 0.820. The molecule has 2 rings (SSSR count). The van der Waals surface area contributed by atoms with Gasteiger partial charge in [-0.05, 0) is 63.9 Å². The van der Waals surface area contributed by atoms with Crippen molar-refractivity contribution in [3.05, 3.63) is 46.2 Å². The maximum Gasteiger partial charge on any atom is 0.0832 e. The van der Waals surface area contributed by atoms with Crippen molar-refractivity contribution in [1.29, 1.82) is 0 Å². The average Bonchev–Trinajstić information content (AvgIpc) is 2.82. The summed E-state index contributed by atoms with van der Waals surface area (Å²) in [5.41, 5.74) is 2.22. The van der Waals surface area contributed by atoms with Crippen LogP contribution in [0.3, 0.4) is 0 Å². The summed E-state index contributed by atoms with van der Waals surface area (Å²) in [6.07, 6.45) is 5.99. The van der Waals surface area contributed by atoms with Gasteiger partial charge in [0.2, 0.25) is 0 Å². The van der Waals surface area contributed by atoms with E-state index in [1.807, 2.05) is 24.5 Å². The maximum atomic E-state index is 6.19. The van der Waals surface area contributed by atoms with Crippen LogP contribution in [0.5, 0.6) is 0 Å². The Kier molecular flexibility index (Phi) is 5.31. The Morgan fingerprint density at radius 3 is 2.67 bits per heavy atom. The number of hydrogen-bond acceptors (Lipinski definition) is 2. The number of aryl methyl sites for hydroxylation is 1. The van der Waals surface area contributed by atoms with Crippen LogP contribution >= 0.6 is 23.2 Å². The molecule has 1 heterocycles. The number of benzene rings is 1. The van der Waals surface area contributed by atoms with E-state index < -0.39 is 0 Å². The highest BCUT2D eigenvalue weighted by Gasteiger charge is 2.08. The van der Waals surface area contributed by atoms with Gasteiger partial charge in [-0.3, -0.25) is 0 Å². The predicted molar refractivity (Wildman–Crippen MR) is 89.7 cm³/mol. The smallest absolute Gasteiger partial charge is 0.0832 e. The molecular formula is C16H21Cl2N3. The molecule has 0 aliphatic carbocycles.